The maximum atomic E-state index is 12.0. The Bertz CT molecular complexity index is 415. The molecule has 1 aromatic rings. The molecule has 94 valence electrons. The second-order valence-corrected chi connectivity index (χ2v) is 6.02. The summed E-state index contributed by atoms with van der Waals surface area (Å²) in [5.74, 6) is 0.325. The Hall–Kier alpha value is -1.05. The number of carbonyl (C=O) groups excluding carboxylic acids is 1. The molecule has 2 heteroatoms. The Labute approximate surface area is 104 Å². The van der Waals surface area contributed by atoms with Crippen molar-refractivity contribution < 1.29 is 4.79 Å². The number of hydrogen-bond donors (Lipinski definition) is 0. The summed E-state index contributed by atoms with van der Waals surface area (Å²) < 4.78 is 2.30. The molecule has 0 saturated carbocycles. The van der Waals surface area contributed by atoms with Crippen LogP contribution in [0.15, 0.2) is 12.3 Å². The first-order chi connectivity index (χ1) is 8.03. The van der Waals surface area contributed by atoms with Gasteiger partial charge in [0, 0.05) is 30.4 Å². The first-order valence-corrected chi connectivity index (χ1v) is 6.75. The molecule has 2 rings (SSSR count). The molecule has 2 nitrogen and oxygen atoms in total. The summed E-state index contributed by atoms with van der Waals surface area (Å²) in [5.41, 5.74) is 2.37. The van der Waals surface area contributed by atoms with Crippen LogP contribution < -0.4 is 0 Å². The van der Waals surface area contributed by atoms with Crippen molar-refractivity contribution in [1.82, 2.24) is 4.57 Å². The maximum absolute atomic E-state index is 12.0. The molecule has 0 aromatic carbocycles. The SMILES string of the molecule is CCCCCn1ccc2c1CC(C)(C)CC2=O. The fourth-order valence-corrected chi connectivity index (χ4v) is 2.74. The van der Waals surface area contributed by atoms with Crippen molar-refractivity contribution in [3.63, 3.8) is 0 Å². The number of carbonyl (C=O) groups is 1. The number of Topliss-reactive ketones (excluding diaryl/α,β-unsaturated/α-hetero) is 1. The second kappa shape index (κ2) is 4.67. The van der Waals surface area contributed by atoms with E-state index >= 15 is 0 Å². The van der Waals surface area contributed by atoms with E-state index in [9.17, 15) is 4.79 Å². The van der Waals surface area contributed by atoms with Crippen molar-refractivity contribution in [1.29, 1.82) is 0 Å². The summed E-state index contributed by atoms with van der Waals surface area (Å²) in [4.78, 5) is 12.0. The number of hydrogen-bond acceptors (Lipinski definition) is 1. The number of fused-ring (bicyclic) bond motifs is 1. The second-order valence-electron chi connectivity index (χ2n) is 6.02. The summed E-state index contributed by atoms with van der Waals surface area (Å²) in [5, 5.41) is 0. The van der Waals surface area contributed by atoms with Crippen LogP contribution in [0.2, 0.25) is 0 Å². The lowest BCUT2D eigenvalue weighted by atomic mass is 9.76. The molecule has 1 aliphatic carbocycles. The molecule has 17 heavy (non-hydrogen) atoms. The van der Waals surface area contributed by atoms with Crippen LogP contribution in [0, 0.1) is 5.41 Å². The smallest absolute Gasteiger partial charge is 0.165 e. The van der Waals surface area contributed by atoms with Crippen molar-refractivity contribution in [2.45, 2.75) is 59.4 Å². The molecule has 0 bridgehead atoms. The van der Waals surface area contributed by atoms with E-state index in [0.29, 0.717) is 12.2 Å². The molecule has 0 unspecified atom stereocenters. The summed E-state index contributed by atoms with van der Waals surface area (Å²) in [6.45, 7) is 7.67. The normalized spacial score (nSPS) is 18.2. The fourth-order valence-electron chi connectivity index (χ4n) is 2.74. The van der Waals surface area contributed by atoms with Crippen LogP contribution in [0.25, 0.3) is 0 Å². The van der Waals surface area contributed by atoms with Crippen LogP contribution in [0.3, 0.4) is 0 Å². The number of aromatic nitrogens is 1. The van der Waals surface area contributed by atoms with E-state index in [-0.39, 0.29) is 5.41 Å². The zero-order chi connectivity index (χ0) is 12.5. The van der Waals surface area contributed by atoms with Gasteiger partial charge in [-0.05, 0) is 24.3 Å². The van der Waals surface area contributed by atoms with Gasteiger partial charge in [-0.1, -0.05) is 33.6 Å². The van der Waals surface area contributed by atoms with Crippen molar-refractivity contribution in [3.05, 3.63) is 23.5 Å². The third-order valence-corrected chi connectivity index (χ3v) is 3.67. The average Bonchev–Trinajstić information content (AvgIpc) is 2.60. The van der Waals surface area contributed by atoms with E-state index in [1.807, 2.05) is 6.07 Å². The van der Waals surface area contributed by atoms with E-state index in [2.05, 4.69) is 31.5 Å². The Morgan fingerprint density at radius 1 is 1.29 bits per heavy atom. The predicted octanol–water partition coefficient (Wildman–Crippen LogP) is 3.83. The molecule has 1 aromatic heterocycles. The minimum absolute atomic E-state index is 0.130. The summed E-state index contributed by atoms with van der Waals surface area (Å²) in [6, 6.07) is 2.01. The van der Waals surface area contributed by atoms with Crippen molar-refractivity contribution in [3.8, 4) is 0 Å². The Kier molecular flexibility index (Phi) is 3.41. The van der Waals surface area contributed by atoms with E-state index < -0.39 is 0 Å². The van der Waals surface area contributed by atoms with Gasteiger partial charge in [0.2, 0.25) is 0 Å². The largest absolute Gasteiger partial charge is 0.351 e. The van der Waals surface area contributed by atoms with E-state index in [1.165, 1.54) is 25.0 Å². The zero-order valence-electron chi connectivity index (χ0n) is 11.3. The lowest BCUT2D eigenvalue weighted by Gasteiger charge is -2.29. The molecule has 0 fully saturated rings. The minimum Gasteiger partial charge on any atom is -0.351 e. The molecular weight excluding hydrogens is 210 g/mol. The highest BCUT2D eigenvalue weighted by Gasteiger charge is 2.32. The molecule has 0 atom stereocenters. The van der Waals surface area contributed by atoms with Gasteiger partial charge in [0.05, 0.1) is 0 Å². The number of nitrogens with zero attached hydrogens (tertiary/aromatic N) is 1. The Balaban J connectivity index is 2.19. The monoisotopic (exact) mass is 233 g/mol. The molecular formula is C15H23NO. The molecule has 1 aliphatic rings. The third-order valence-electron chi connectivity index (χ3n) is 3.67. The van der Waals surface area contributed by atoms with Crippen LogP contribution in [-0.4, -0.2) is 10.4 Å². The van der Waals surface area contributed by atoms with Gasteiger partial charge in [0.15, 0.2) is 5.78 Å². The molecule has 0 N–H and O–H groups in total. The van der Waals surface area contributed by atoms with E-state index in [4.69, 9.17) is 0 Å². The lowest BCUT2D eigenvalue weighted by Crippen LogP contribution is -2.28. The number of ketones is 1. The van der Waals surface area contributed by atoms with Gasteiger partial charge in [-0.15, -0.1) is 0 Å². The highest BCUT2D eigenvalue weighted by molar-refractivity contribution is 5.98. The van der Waals surface area contributed by atoms with Gasteiger partial charge >= 0.3 is 0 Å². The van der Waals surface area contributed by atoms with Crippen LogP contribution in [0.5, 0.6) is 0 Å². The summed E-state index contributed by atoms with van der Waals surface area (Å²) in [7, 11) is 0. The summed E-state index contributed by atoms with van der Waals surface area (Å²) >= 11 is 0. The number of rotatable bonds is 4. The standard InChI is InChI=1S/C15H23NO/c1-4-5-6-8-16-9-7-12-13(16)10-15(2,3)11-14(12)17/h7,9H,4-6,8,10-11H2,1-3H3. The van der Waals surface area contributed by atoms with Crippen LogP contribution >= 0.6 is 0 Å². The van der Waals surface area contributed by atoms with Crippen molar-refractivity contribution in [2.24, 2.45) is 5.41 Å². The van der Waals surface area contributed by atoms with E-state index in [1.54, 1.807) is 0 Å². The highest BCUT2D eigenvalue weighted by atomic mass is 16.1. The van der Waals surface area contributed by atoms with Gasteiger partial charge < -0.3 is 4.57 Å². The highest BCUT2D eigenvalue weighted by Crippen LogP contribution is 2.35. The molecule has 0 spiro atoms. The van der Waals surface area contributed by atoms with Gasteiger partial charge in [-0.2, -0.15) is 0 Å². The molecule has 0 amide bonds. The van der Waals surface area contributed by atoms with Gasteiger partial charge in [0.25, 0.3) is 0 Å². The first kappa shape index (κ1) is 12.4. The Morgan fingerprint density at radius 2 is 2.06 bits per heavy atom. The molecule has 1 heterocycles. The summed E-state index contributed by atoms with van der Waals surface area (Å²) in [6.07, 6.45) is 7.55. The Morgan fingerprint density at radius 3 is 2.76 bits per heavy atom. The van der Waals surface area contributed by atoms with Crippen LogP contribution in [-0.2, 0) is 13.0 Å². The van der Waals surface area contributed by atoms with Crippen LogP contribution in [0.4, 0.5) is 0 Å². The van der Waals surface area contributed by atoms with Crippen LogP contribution in [0.1, 0.15) is 62.5 Å². The molecule has 0 aliphatic heterocycles. The number of unbranched alkanes of at least 4 members (excludes halogenated alkanes) is 2. The first-order valence-electron chi connectivity index (χ1n) is 6.75. The topological polar surface area (TPSA) is 22.0 Å². The predicted molar refractivity (Wildman–Crippen MR) is 70.4 cm³/mol. The minimum atomic E-state index is 0.130. The molecule has 0 saturated heterocycles. The van der Waals surface area contributed by atoms with E-state index in [0.717, 1.165) is 18.5 Å². The third kappa shape index (κ3) is 2.62. The average molecular weight is 233 g/mol. The van der Waals surface area contributed by atoms with Crippen molar-refractivity contribution >= 4 is 5.78 Å². The maximum Gasteiger partial charge on any atom is 0.165 e. The van der Waals surface area contributed by atoms with Gasteiger partial charge in [-0.25, -0.2) is 0 Å². The van der Waals surface area contributed by atoms with Gasteiger partial charge in [0.1, 0.15) is 0 Å². The van der Waals surface area contributed by atoms with Crippen molar-refractivity contribution in [2.75, 3.05) is 0 Å². The van der Waals surface area contributed by atoms with Gasteiger partial charge in [-0.3, -0.25) is 4.79 Å². The zero-order valence-corrected chi connectivity index (χ0v) is 11.3. The fraction of sp³-hybridized carbons (Fsp3) is 0.667. The quantitative estimate of drug-likeness (QED) is 0.724. The lowest BCUT2D eigenvalue weighted by molar-refractivity contribution is 0.0910. The number of aryl methyl sites for hydroxylation is 1. The molecule has 0 radical (unpaired) electrons.